The quantitative estimate of drug-likeness (QED) is 0.364. The van der Waals surface area contributed by atoms with Gasteiger partial charge in [0.25, 0.3) is 0 Å². The predicted molar refractivity (Wildman–Crippen MR) is 76.0 cm³/mol. The zero-order chi connectivity index (χ0) is 16.8. The lowest BCUT2D eigenvalue weighted by Gasteiger charge is -2.13. The number of ether oxygens (including phenoxy) is 6. The minimum absolute atomic E-state index is 0.0263. The molecule has 0 unspecified atom stereocenters. The standard InChI is InChI=1S/C14H26O8/c1-17-13(18-2)7-9-21-11(15)5-6-12(16)22-10-8-14(19-3)20-4/h13-14H,5-10H2,1-4H3. The maximum absolute atomic E-state index is 11.4. The monoisotopic (exact) mass is 322 g/mol. The third-order valence-electron chi connectivity index (χ3n) is 2.82. The van der Waals surface area contributed by atoms with Crippen molar-refractivity contribution in [3.8, 4) is 0 Å². The van der Waals surface area contributed by atoms with Crippen LogP contribution in [-0.2, 0) is 38.0 Å². The minimum Gasteiger partial charge on any atom is -0.465 e. The van der Waals surface area contributed by atoms with Crippen molar-refractivity contribution in [2.75, 3.05) is 41.7 Å². The third kappa shape index (κ3) is 10.5. The van der Waals surface area contributed by atoms with Crippen LogP contribution in [0.5, 0.6) is 0 Å². The molecule has 8 nitrogen and oxygen atoms in total. The summed E-state index contributed by atoms with van der Waals surface area (Å²) >= 11 is 0. The molecule has 0 aromatic carbocycles. The maximum atomic E-state index is 11.4. The van der Waals surface area contributed by atoms with Crippen molar-refractivity contribution in [2.45, 2.75) is 38.3 Å². The van der Waals surface area contributed by atoms with Crippen LogP contribution in [0.15, 0.2) is 0 Å². The number of rotatable bonds is 13. The van der Waals surface area contributed by atoms with E-state index in [1.807, 2.05) is 0 Å². The summed E-state index contributed by atoms with van der Waals surface area (Å²) in [5.41, 5.74) is 0. The number of hydrogen-bond acceptors (Lipinski definition) is 8. The first kappa shape index (κ1) is 20.8. The Bertz CT molecular complexity index is 269. The summed E-state index contributed by atoms with van der Waals surface area (Å²) in [6.45, 7) is 0.340. The van der Waals surface area contributed by atoms with E-state index in [-0.39, 0.29) is 26.1 Å². The van der Waals surface area contributed by atoms with Gasteiger partial charge in [-0.05, 0) is 0 Å². The highest BCUT2D eigenvalue weighted by Gasteiger charge is 2.12. The molecule has 0 fully saturated rings. The normalized spacial score (nSPS) is 11.0. The fourth-order valence-electron chi connectivity index (χ4n) is 1.55. The largest absolute Gasteiger partial charge is 0.465 e. The Kier molecular flexibility index (Phi) is 12.7. The van der Waals surface area contributed by atoms with Crippen LogP contribution in [0.2, 0.25) is 0 Å². The number of methoxy groups -OCH3 is 4. The molecule has 0 aliphatic carbocycles. The van der Waals surface area contributed by atoms with E-state index < -0.39 is 24.5 Å². The van der Waals surface area contributed by atoms with E-state index in [0.717, 1.165) is 0 Å². The molecule has 0 radical (unpaired) electrons. The Labute approximate surface area is 130 Å². The van der Waals surface area contributed by atoms with Gasteiger partial charge in [-0.3, -0.25) is 9.59 Å². The van der Waals surface area contributed by atoms with Crippen LogP contribution in [-0.4, -0.2) is 66.2 Å². The van der Waals surface area contributed by atoms with Gasteiger partial charge in [0, 0.05) is 41.3 Å². The van der Waals surface area contributed by atoms with E-state index in [2.05, 4.69) is 0 Å². The summed E-state index contributed by atoms with van der Waals surface area (Å²) in [6, 6.07) is 0. The van der Waals surface area contributed by atoms with Gasteiger partial charge in [-0.25, -0.2) is 0 Å². The molecular weight excluding hydrogens is 296 g/mol. The molecule has 0 heterocycles. The van der Waals surface area contributed by atoms with Gasteiger partial charge in [0.05, 0.1) is 26.1 Å². The lowest BCUT2D eigenvalue weighted by molar-refractivity contribution is -0.156. The third-order valence-corrected chi connectivity index (χ3v) is 2.82. The van der Waals surface area contributed by atoms with Crippen molar-refractivity contribution >= 4 is 11.9 Å². The molecule has 0 saturated carbocycles. The first-order valence-corrected chi connectivity index (χ1v) is 6.99. The molecule has 0 atom stereocenters. The van der Waals surface area contributed by atoms with E-state index >= 15 is 0 Å². The molecular formula is C14H26O8. The second kappa shape index (κ2) is 13.4. The Morgan fingerprint density at radius 1 is 0.682 bits per heavy atom. The van der Waals surface area contributed by atoms with Gasteiger partial charge in [-0.15, -0.1) is 0 Å². The number of carbonyl (C=O) groups is 2. The molecule has 0 aromatic rings. The summed E-state index contributed by atoms with van der Waals surface area (Å²) in [7, 11) is 6.01. The fourth-order valence-corrected chi connectivity index (χ4v) is 1.55. The summed E-state index contributed by atoms with van der Waals surface area (Å²) in [5, 5.41) is 0. The van der Waals surface area contributed by atoms with Crippen molar-refractivity contribution in [1.82, 2.24) is 0 Å². The van der Waals surface area contributed by atoms with Crippen LogP contribution >= 0.6 is 0 Å². The highest BCUT2D eigenvalue weighted by atomic mass is 16.7. The van der Waals surface area contributed by atoms with Gasteiger partial charge in [0.2, 0.25) is 0 Å². The SMILES string of the molecule is COC(CCOC(=O)CCC(=O)OCCC(OC)OC)OC. The van der Waals surface area contributed by atoms with Crippen LogP contribution in [0.4, 0.5) is 0 Å². The van der Waals surface area contributed by atoms with Crippen molar-refractivity contribution in [1.29, 1.82) is 0 Å². The smallest absolute Gasteiger partial charge is 0.306 e. The highest BCUT2D eigenvalue weighted by Crippen LogP contribution is 2.02. The topological polar surface area (TPSA) is 89.5 Å². The molecule has 0 bridgehead atoms. The van der Waals surface area contributed by atoms with Crippen LogP contribution in [0.25, 0.3) is 0 Å². The lowest BCUT2D eigenvalue weighted by atomic mass is 10.3. The van der Waals surface area contributed by atoms with E-state index in [9.17, 15) is 9.59 Å². The molecule has 22 heavy (non-hydrogen) atoms. The minimum atomic E-state index is -0.463. The average molecular weight is 322 g/mol. The number of hydrogen-bond donors (Lipinski definition) is 0. The molecule has 0 saturated heterocycles. The Balaban J connectivity index is 3.66. The summed E-state index contributed by atoms with van der Waals surface area (Å²) in [6.07, 6.45) is -0.0142. The molecule has 0 N–H and O–H groups in total. The molecule has 0 rings (SSSR count). The molecule has 0 aromatic heterocycles. The Morgan fingerprint density at radius 2 is 1.00 bits per heavy atom. The van der Waals surface area contributed by atoms with Crippen LogP contribution in [0.1, 0.15) is 25.7 Å². The van der Waals surface area contributed by atoms with E-state index in [1.165, 1.54) is 28.4 Å². The fraction of sp³-hybridized carbons (Fsp3) is 0.857. The molecule has 0 aliphatic rings. The lowest BCUT2D eigenvalue weighted by Crippen LogP contribution is -2.19. The maximum Gasteiger partial charge on any atom is 0.306 e. The molecule has 0 spiro atoms. The van der Waals surface area contributed by atoms with Crippen molar-refractivity contribution < 1.29 is 38.0 Å². The Hall–Kier alpha value is -1.22. The van der Waals surface area contributed by atoms with Gasteiger partial charge in [0.15, 0.2) is 12.6 Å². The highest BCUT2D eigenvalue weighted by molar-refractivity contribution is 5.77. The first-order chi connectivity index (χ1) is 10.6. The predicted octanol–water partition coefficient (Wildman–Crippen LogP) is 0.871. The van der Waals surface area contributed by atoms with Crippen molar-refractivity contribution in [3.05, 3.63) is 0 Å². The summed E-state index contributed by atoms with van der Waals surface area (Å²) < 4.78 is 29.7. The first-order valence-electron chi connectivity index (χ1n) is 6.99. The van der Waals surface area contributed by atoms with Gasteiger partial charge in [0.1, 0.15) is 0 Å². The van der Waals surface area contributed by atoms with Gasteiger partial charge < -0.3 is 28.4 Å². The second-order valence-corrected chi connectivity index (χ2v) is 4.32. The van der Waals surface area contributed by atoms with Crippen LogP contribution in [0, 0.1) is 0 Å². The van der Waals surface area contributed by atoms with Gasteiger partial charge >= 0.3 is 11.9 Å². The number of carbonyl (C=O) groups excluding carboxylic acids is 2. The van der Waals surface area contributed by atoms with Crippen molar-refractivity contribution in [3.63, 3.8) is 0 Å². The van der Waals surface area contributed by atoms with Crippen LogP contribution < -0.4 is 0 Å². The van der Waals surface area contributed by atoms with Gasteiger partial charge in [-0.2, -0.15) is 0 Å². The zero-order valence-corrected chi connectivity index (χ0v) is 13.7. The van der Waals surface area contributed by atoms with Gasteiger partial charge in [-0.1, -0.05) is 0 Å². The number of esters is 2. The van der Waals surface area contributed by atoms with E-state index in [1.54, 1.807) is 0 Å². The molecule has 0 amide bonds. The second-order valence-electron chi connectivity index (χ2n) is 4.32. The summed E-state index contributed by atoms with van der Waals surface area (Å²) in [5.74, 6) is -0.927. The van der Waals surface area contributed by atoms with E-state index in [0.29, 0.717) is 12.8 Å². The average Bonchev–Trinajstić information content (AvgIpc) is 2.53. The molecule has 8 heteroatoms. The van der Waals surface area contributed by atoms with Crippen LogP contribution in [0.3, 0.4) is 0 Å². The van der Waals surface area contributed by atoms with E-state index in [4.69, 9.17) is 28.4 Å². The zero-order valence-electron chi connectivity index (χ0n) is 13.7. The molecule has 0 aliphatic heterocycles. The molecule has 130 valence electrons. The summed E-state index contributed by atoms with van der Waals surface area (Å²) in [4.78, 5) is 22.9. The Morgan fingerprint density at radius 3 is 1.27 bits per heavy atom. The van der Waals surface area contributed by atoms with Crippen molar-refractivity contribution in [2.24, 2.45) is 0 Å².